The van der Waals surface area contributed by atoms with E-state index < -0.39 is 5.92 Å². The fourth-order valence-corrected chi connectivity index (χ4v) is 3.84. The van der Waals surface area contributed by atoms with Crippen LogP contribution in [0.3, 0.4) is 0 Å². The van der Waals surface area contributed by atoms with Crippen molar-refractivity contribution < 1.29 is 14.3 Å². The molecular weight excluding hydrogens is 388 g/mol. The first-order valence-corrected chi connectivity index (χ1v) is 10.2. The number of carbonyl (C=O) groups is 2. The van der Waals surface area contributed by atoms with E-state index in [1.807, 2.05) is 52.2 Å². The van der Waals surface area contributed by atoms with Gasteiger partial charge in [0.2, 0.25) is 11.8 Å². The molecule has 0 aliphatic carbocycles. The number of benzene rings is 1. The maximum absolute atomic E-state index is 12.9. The van der Waals surface area contributed by atoms with E-state index in [4.69, 9.17) is 17.0 Å². The highest BCUT2D eigenvalue weighted by atomic mass is 32.1. The first-order chi connectivity index (χ1) is 13.8. The molecule has 0 unspecified atom stereocenters. The molecular formula is C21H30N4O3S. The van der Waals surface area contributed by atoms with Gasteiger partial charge in [-0.3, -0.25) is 24.4 Å². The van der Waals surface area contributed by atoms with Crippen LogP contribution in [0, 0.1) is 5.92 Å². The molecule has 1 atom stereocenters. The summed E-state index contributed by atoms with van der Waals surface area (Å²) in [5.41, 5.74) is 1.60. The molecule has 2 rings (SSSR count). The van der Waals surface area contributed by atoms with Crippen LogP contribution in [0.4, 0.5) is 0 Å². The molecule has 29 heavy (non-hydrogen) atoms. The van der Waals surface area contributed by atoms with Crippen LogP contribution in [0.1, 0.15) is 32.4 Å². The van der Waals surface area contributed by atoms with E-state index in [9.17, 15) is 9.59 Å². The Bertz CT molecular complexity index is 766. The molecule has 1 aliphatic heterocycles. The number of carbonyl (C=O) groups excluding carboxylic acids is 2. The summed E-state index contributed by atoms with van der Waals surface area (Å²) in [6.45, 7) is 6.74. The van der Waals surface area contributed by atoms with E-state index in [0.29, 0.717) is 25.3 Å². The lowest BCUT2D eigenvalue weighted by Gasteiger charge is -2.38. The van der Waals surface area contributed by atoms with Crippen molar-refractivity contribution in [1.82, 2.24) is 14.7 Å². The van der Waals surface area contributed by atoms with E-state index >= 15 is 0 Å². The molecule has 1 aromatic carbocycles. The van der Waals surface area contributed by atoms with Crippen molar-refractivity contribution in [3.8, 4) is 5.75 Å². The molecule has 0 spiro atoms. The van der Waals surface area contributed by atoms with Gasteiger partial charge in [0.1, 0.15) is 5.75 Å². The van der Waals surface area contributed by atoms with Crippen molar-refractivity contribution in [1.29, 1.82) is 0 Å². The molecule has 0 bridgehead atoms. The van der Waals surface area contributed by atoms with E-state index in [0.717, 1.165) is 11.3 Å². The van der Waals surface area contributed by atoms with Crippen LogP contribution in [0.15, 0.2) is 29.3 Å². The lowest BCUT2D eigenvalue weighted by Crippen LogP contribution is -2.60. The number of thiocarbonyl (C=S) groups is 1. The Balaban J connectivity index is 2.27. The van der Waals surface area contributed by atoms with Gasteiger partial charge in [0.15, 0.2) is 11.0 Å². The number of hydrogen-bond donors (Lipinski definition) is 0. The van der Waals surface area contributed by atoms with Crippen molar-refractivity contribution in [2.45, 2.75) is 26.8 Å². The van der Waals surface area contributed by atoms with Gasteiger partial charge in [0.25, 0.3) is 0 Å². The number of aliphatic imine (C=N–C) groups is 1. The third-order valence-corrected chi connectivity index (χ3v) is 5.62. The van der Waals surface area contributed by atoms with Gasteiger partial charge >= 0.3 is 0 Å². The van der Waals surface area contributed by atoms with Crippen LogP contribution in [-0.4, -0.2) is 78.2 Å². The van der Waals surface area contributed by atoms with Crippen molar-refractivity contribution >= 4 is 34.9 Å². The Morgan fingerprint density at radius 2 is 1.66 bits per heavy atom. The van der Waals surface area contributed by atoms with Crippen molar-refractivity contribution in [2.24, 2.45) is 10.9 Å². The fourth-order valence-electron chi connectivity index (χ4n) is 3.41. The van der Waals surface area contributed by atoms with Gasteiger partial charge in [0.05, 0.1) is 19.7 Å². The molecule has 7 nitrogen and oxygen atoms in total. The van der Waals surface area contributed by atoms with Crippen LogP contribution >= 0.6 is 12.2 Å². The summed E-state index contributed by atoms with van der Waals surface area (Å²) < 4.78 is 5.22. The monoisotopic (exact) mass is 418 g/mol. The molecule has 1 aliphatic rings. The Labute approximate surface area is 178 Å². The molecule has 1 fully saturated rings. The van der Waals surface area contributed by atoms with Crippen molar-refractivity contribution in [2.75, 3.05) is 40.8 Å². The molecule has 1 saturated heterocycles. The number of likely N-dealkylation sites (N-methyl/N-ethyl adjacent to an activating group) is 1. The summed E-state index contributed by atoms with van der Waals surface area (Å²) in [6.07, 6.45) is 0. The van der Waals surface area contributed by atoms with Crippen LogP contribution in [0.5, 0.6) is 5.75 Å². The third-order valence-electron chi connectivity index (χ3n) is 5.18. The Morgan fingerprint density at radius 1 is 1.14 bits per heavy atom. The van der Waals surface area contributed by atoms with Gasteiger partial charge in [0, 0.05) is 18.8 Å². The summed E-state index contributed by atoms with van der Waals surface area (Å²) in [5.74, 6) is -0.710. The standard InChI is InChI=1S/C21H30N4O3S/c1-7-24-19(26)18(20(27)25(8-2)21(24)29)14(3)22-13-17(23(4)5)15-9-11-16(28-6)12-10-15/h9-12,17-18H,7-8,13H2,1-6H3/t17-/m0/s1. The van der Waals surface area contributed by atoms with Crippen LogP contribution < -0.4 is 4.74 Å². The van der Waals surface area contributed by atoms with Gasteiger partial charge in [-0.15, -0.1) is 0 Å². The van der Waals surface area contributed by atoms with Gasteiger partial charge in [-0.1, -0.05) is 12.1 Å². The zero-order chi connectivity index (χ0) is 21.7. The fraction of sp³-hybridized carbons (Fsp3) is 0.524. The number of rotatable bonds is 8. The lowest BCUT2D eigenvalue weighted by molar-refractivity contribution is -0.143. The average Bonchev–Trinajstić information content (AvgIpc) is 2.69. The summed E-state index contributed by atoms with van der Waals surface area (Å²) in [4.78, 5) is 35.5. The molecule has 0 N–H and O–H groups in total. The second kappa shape index (κ2) is 9.93. The number of methoxy groups -OCH3 is 1. The molecule has 1 heterocycles. The van der Waals surface area contributed by atoms with Gasteiger partial charge in [-0.2, -0.15) is 0 Å². The zero-order valence-corrected chi connectivity index (χ0v) is 18.8. The molecule has 8 heteroatoms. The molecule has 158 valence electrons. The number of ether oxygens (including phenoxy) is 1. The zero-order valence-electron chi connectivity index (χ0n) is 18.0. The minimum absolute atomic E-state index is 0.00952. The van der Waals surface area contributed by atoms with Gasteiger partial charge in [-0.05, 0) is 64.8 Å². The van der Waals surface area contributed by atoms with E-state index in [1.54, 1.807) is 14.0 Å². The minimum Gasteiger partial charge on any atom is -0.497 e. The highest BCUT2D eigenvalue weighted by molar-refractivity contribution is 7.80. The molecule has 0 saturated carbocycles. The lowest BCUT2D eigenvalue weighted by atomic mass is 9.98. The SMILES string of the molecule is CCN1C(=O)C(C(C)=NC[C@@H](c2ccc(OC)cc2)N(C)C)C(=O)N(CC)C1=S. The summed E-state index contributed by atoms with van der Waals surface area (Å²) in [5, 5.41) is 0.276. The molecule has 2 amide bonds. The molecule has 0 radical (unpaired) electrons. The van der Waals surface area contributed by atoms with E-state index in [1.165, 1.54) is 9.80 Å². The maximum atomic E-state index is 12.9. The summed E-state index contributed by atoms with van der Waals surface area (Å²) in [6, 6.07) is 7.84. The largest absolute Gasteiger partial charge is 0.497 e. The average molecular weight is 419 g/mol. The van der Waals surface area contributed by atoms with E-state index in [-0.39, 0.29) is 23.0 Å². The first-order valence-electron chi connectivity index (χ1n) is 9.74. The summed E-state index contributed by atoms with van der Waals surface area (Å²) in [7, 11) is 5.59. The van der Waals surface area contributed by atoms with Crippen molar-refractivity contribution in [3.63, 3.8) is 0 Å². The van der Waals surface area contributed by atoms with Crippen molar-refractivity contribution in [3.05, 3.63) is 29.8 Å². The van der Waals surface area contributed by atoms with Crippen LogP contribution in [0.25, 0.3) is 0 Å². The van der Waals surface area contributed by atoms with Gasteiger partial charge < -0.3 is 9.64 Å². The third kappa shape index (κ3) is 4.82. The number of amides is 2. The van der Waals surface area contributed by atoms with Crippen LogP contribution in [-0.2, 0) is 9.59 Å². The highest BCUT2D eigenvalue weighted by Crippen LogP contribution is 2.23. The normalized spacial score (nSPS) is 17.3. The second-order valence-corrected chi connectivity index (χ2v) is 7.48. The number of hydrogen-bond acceptors (Lipinski definition) is 6. The Hall–Kier alpha value is -2.32. The maximum Gasteiger partial charge on any atom is 0.247 e. The smallest absolute Gasteiger partial charge is 0.247 e. The van der Waals surface area contributed by atoms with E-state index in [2.05, 4.69) is 9.89 Å². The minimum atomic E-state index is -0.916. The predicted octanol–water partition coefficient (Wildman–Crippen LogP) is 2.37. The molecule has 1 aromatic rings. The molecule has 0 aromatic heterocycles. The first kappa shape index (κ1) is 23.0. The van der Waals surface area contributed by atoms with Gasteiger partial charge in [-0.25, -0.2) is 0 Å². The predicted molar refractivity (Wildman–Crippen MR) is 118 cm³/mol. The topological polar surface area (TPSA) is 65.5 Å². The number of nitrogens with zero attached hydrogens (tertiary/aromatic N) is 4. The Kier molecular flexibility index (Phi) is 7.87. The Morgan fingerprint density at radius 3 is 2.07 bits per heavy atom. The second-order valence-electron chi connectivity index (χ2n) is 7.12. The van der Waals surface area contributed by atoms with Crippen LogP contribution in [0.2, 0.25) is 0 Å². The highest BCUT2D eigenvalue weighted by Gasteiger charge is 2.43. The summed E-state index contributed by atoms with van der Waals surface area (Å²) >= 11 is 5.32. The quantitative estimate of drug-likeness (QED) is 0.368.